The lowest BCUT2D eigenvalue weighted by molar-refractivity contribution is -0.117. The predicted octanol–water partition coefficient (Wildman–Crippen LogP) is 0.483. The number of amidine groups is 1. The second kappa shape index (κ2) is 3.14. The molecule has 0 unspecified atom stereocenters. The number of aliphatic imine (C=N–C) groups is 1. The SMILES string of the molecule is COc1cccc2c1C(N)=NC(=O)C2. The molecule has 0 fully saturated rings. The molecule has 72 valence electrons. The third-order valence-corrected chi connectivity index (χ3v) is 2.18. The van der Waals surface area contributed by atoms with Crippen LogP contribution in [0.3, 0.4) is 0 Å². The van der Waals surface area contributed by atoms with Crippen molar-refractivity contribution in [3.63, 3.8) is 0 Å². The van der Waals surface area contributed by atoms with Crippen LogP contribution in [0.25, 0.3) is 0 Å². The Morgan fingerprint density at radius 1 is 1.50 bits per heavy atom. The molecule has 14 heavy (non-hydrogen) atoms. The van der Waals surface area contributed by atoms with Gasteiger partial charge in [-0.3, -0.25) is 4.79 Å². The van der Waals surface area contributed by atoms with Crippen molar-refractivity contribution in [3.8, 4) is 5.75 Å². The summed E-state index contributed by atoms with van der Waals surface area (Å²) in [5.74, 6) is 0.702. The Labute approximate surface area is 81.4 Å². The summed E-state index contributed by atoms with van der Waals surface area (Å²) in [5.41, 5.74) is 7.28. The molecule has 1 aliphatic heterocycles. The zero-order valence-corrected chi connectivity index (χ0v) is 7.78. The first-order valence-corrected chi connectivity index (χ1v) is 4.25. The van der Waals surface area contributed by atoms with E-state index in [1.807, 2.05) is 12.1 Å². The maximum absolute atomic E-state index is 11.1. The quantitative estimate of drug-likeness (QED) is 0.700. The van der Waals surface area contributed by atoms with Gasteiger partial charge in [0.1, 0.15) is 11.6 Å². The molecular weight excluding hydrogens is 180 g/mol. The van der Waals surface area contributed by atoms with E-state index < -0.39 is 0 Å². The largest absolute Gasteiger partial charge is 0.496 e. The number of benzene rings is 1. The standard InChI is InChI=1S/C10H10N2O2/c1-14-7-4-2-3-6-5-8(13)12-10(11)9(6)7/h2-4H,5H2,1H3,(H2,11,12,13). The normalized spacial score (nSPS) is 14.6. The molecule has 0 spiro atoms. The van der Waals surface area contributed by atoms with Crippen molar-refractivity contribution in [2.75, 3.05) is 7.11 Å². The average Bonchev–Trinajstić information content (AvgIpc) is 2.16. The number of hydrogen-bond donors (Lipinski definition) is 1. The highest BCUT2D eigenvalue weighted by atomic mass is 16.5. The van der Waals surface area contributed by atoms with Crippen LogP contribution in [0.5, 0.6) is 5.75 Å². The van der Waals surface area contributed by atoms with Gasteiger partial charge in [-0.25, -0.2) is 0 Å². The number of ether oxygens (including phenoxy) is 1. The molecule has 2 rings (SSSR count). The van der Waals surface area contributed by atoms with E-state index in [1.165, 1.54) is 0 Å². The van der Waals surface area contributed by atoms with Gasteiger partial charge < -0.3 is 10.5 Å². The number of methoxy groups -OCH3 is 1. The van der Waals surface area contributed by atoms with E-state index in [2.05, 4.69) is 4.99 Å². The zero-order chi connectivity index (χ0) is 10.1. The zero-order valence-electron chi connectivity index (χ0n) is 7.78. The predicted molar refractivity (Wildman–Crippen MR) is 52.4 cm³/mol. The van der Waals surface area contributed by atoms with E-state index in [9.17, 15) is 4.79 Å². The fourth-order valence-electron chi connectivity index (χ4n) is 1.58. The van der Waals surface area contributed by atoms with Crippen molar-refractivity contribution in [3.05, 3.63) is 29.3 Å². The van der Waals surface area contributed by atoms with Gasteiger partial charge in [-0.1, -0.05) is 12.1 Å². The molecule has 1 aliphatic rings. The Morgan fingerprint density at radius 3 is 3.00 bits per heavy atom. The Balaban J connectivity index is 2.63. The highest BCUT2D eigenvalue weighted by Crippen LogP contribution is 2.25. The van der Waals surface area contributed by atoms with E-state index in [-0.39, 0.29) is 11.7 Å². The number of carbonyl (C=O) groups is 1. The first kappa shape index (κ1) is 8.74. The summed E-state index contributed by atoms with van der Waals surface area (Å²) in [7, 11) is 1.57. The van der Waals surface area contributed by atoms with Crippen LogP contribution in [-0.2, 0) is 11.2 Å². The minimum Gasteiger partial charge on any atom is -0.496 e. The van der Waals surface area contributed by atoms with Gasteiger partial charge in [0.05, 0.1) is 19.1 Å². The maximum atomic E-state index is 11.1. The van der Waals surface area contributed by atoms with Crippen molar-refractivity contribution >= 4 is 11.7 Å². The summed E-state index contributed by atoms with van der Waals surface area (Å²) in [4.78, 5) is 14.8. The van der Waals surface area contributed by atoms with Gasteiger partial charge in [-0.15, -0.1) is 0 Å². The van der Waals surface area contributed by atoms with Crippen molar-refractivity contribution < 1.29 is 9.53 Å². The highest BCUT2D eigenvalue weighted by molar-refractivity contribution is 6.10. The molecule has 4 heteroatoms. The van der Waals surface area contributed by atoms with Crippen LogP contribution in [0.15, 0.2) is 23.2 Å². The Kier molecular flexibility index (Phi) is 1.96. The van der Waals surface area contributed by atoms with Gasteiger partial charge >= 0.3 is 0 Å². The van der Waals surface area contributed by atoms with Gasteiger partial charge in [0.15, 0.2) is 0 Å². The van der Waals surface area contributed by atoms with Gasteiger partial charge in [0.2, 0.25) is 0 Å². The van der Waals surface area contributed by atoms with Crippen LogP contribution >= 0.6 is 0 Å². The summed E-state index contributed by atoms with van der Waals surface area (Å²) in [6, 6.07) is 5.50. The molecule has 0 atom stereocenters. The Hall–Kier alpha value is -1.84. The number of carbonyl (C=O) groups excluding carboxylic acids is 1. The van der Waals surface area contributed by atoms with Crippen LogP contribution < -0.4 is 10.5 Å². The lowest BCUT2D eigenvalue weighted by atomic mass is 10.00. The lowest BCUT2D eigenvalue weighted by Crippen LogP contribution is -2.24. The number of nitrogens with zero attached hydrogens (tertiary/aromatic N) is 1. The van der Waals surface area contributed by atoms with E-state index in [0.717, 1.165) is 11.1 Å². The first-order chi connectivity index (χ1) is 6.72. The molecule has 4 nitrogen and oxygen atoms in total. The molecule has 0 saturated heterocycles. The minimum atomic E-state index is -0.205. The minimum absolute atomic E-state index is 0.205. The van der Waals surface area contributed by atoms with Gasteiger partial charge in [0.25, 0.3) is 5.91 Å². The third-order valence-electron chi connectivity index (χ3n) is 2.18. The van der Waals surface area contributed by atoms with E-state index in [1.54, 1.807) is 13.2 Å². The fourth-order valence-corrected chi connectivity index (χ4v) is 1.58. The molecular formula is C10H10N2O2. The van der Waals surface area contributed by atoms with Crippen molar-refractivity contribution in [1.29, 1.82) is 0 Å². The maximum Gasteiger partial charge on any atom is 0.252 e. The molecule has 0 aliphatic carbocycles. The number of amides is 1. The van der Waals surface area contributed by atoms with Crippen molar-refractivity contribution in [2.24, 2.45) is 10.7 Å². The van der Waals surface area contributed by atoms with Crippen molar-refractivity contribution in [2.45, 2.75) is 6.42 Å². The smallest absolute Gasteiger partial charge is 0.252 e. The second-order valence-electron chi connectivity index (χ2n) is 3.06. The second-order valence-corrected chi connectivity index (χ2v) is 3.06. The summed E-state index contributed by atoms with van der Waals surface area (Å²) >= 11 is 0. The highest BCUT2D eigenvalue weighted by Gasteiger charge is 2.20. The van der Waals surface area contributed by atoms with Crippen LogP contribution in [0.4, 0.5) is 0 Å². The van der Waals surface area contributed by atoms with Crippen LogP contribution in [-0.4, -0.2) is 18.9 Å². The summed E-state index contributed by atoms with van der Waals surface area (Å²) in [5, 5.41) is 0. The average molecular weight is 190 g/mol. The van der Waals surface area contributed by atoms with Gasteiger partial charge in [-0.2, -0.15) is 4.99 Å². The van der Waals surface area contributed by atoms with E-state index >= 15 is 0 Å². The van der Waals surface area contributed by atoms with Gasteiger partial charge in [-0.05, 0) is 11.6 Å². The lowest BCUT2D eigenvalue weighted by Gasteiger charge is -2.15. The molecule has 0 bridgehead atoms. The molecule has 1 aromatic carbocycles. The summed E-state index contributed by atoms with van der Waals surface area (Å²) in [6.45, 7) is 0. The molecule has 1 amide bonds. The first-order valence-electron chi connectivity index (χ1n) is 4.25. The molecule has 0 radical (unpaired) electrons. The van der Waals surface area contributed by atoms with E-state index in [4.69, 9.17) is 10.5 Å². The Bertz CT molecular complexity index is 424. The molecule has 1 heterocycles. The number of hydrogen-bond acceptors (Lipinski definition) is 3. The molecule has 1 aromatic rings. The molecule has 0 saturated carbocycles. The number of nitrogens with two attached hydrogens (primary N) is 1. The van der Waals surface area contributed by atoms with Crippen LogP contribution in [0.1, 0.15) is 11.1 Å². The topological polar surface area (TPSA) is 64.7 Å². The molecule has 0 aromatic heterocycles. The summed E-state index contributed by atoms with van der Waals surface area (Å²) < 4.78 is 5.15. The number of fused-ring (bicyclic) bond motifs is 1. The third kappa shape index (κ3) is 1.25. The number of rotatable bonds is 1. The van der Waals surface area contributed by atoms with Crippen LogP contribution in [0.2, 0.25) is 0 Å². The van der Waals surface area contributed by atoms with Crippen molar-refractivity contribution in [1.82, 2.24) is 0 Å². The van der Waals surface area contributed by atoms with Gasteiger partial charge in [0, 0.05) is 0 Å². The monoisotopic (exact) mass is 190 g/mol. The van der Waals surface area contributed by atoms with Crippen LogP contribution in [0, 0.1) is 0 Å². The molecule has 2 N–H and O–H groups in total. The Morgan fingerprint density at radius 2 is 2.29 bits per heavy atom. The van der Waals surface area contributed by atoms with E-state index in [0.29, 0.717) is 12.2 Å². The fraction of sp³-hybridized carbons (Fsp3) is 0.200. The summed E-state index contributed by atoms with van der Waals surface area (Å²) in [6.07, 6.45) is 0.299.